The van der Waals surface area contributed by atoms with Gasteiger partial charge in [0.2, 0.25) is 0 Å². The predicted octanol–water partition coefficient (Wildman–Crippen LogP) is 23.1. The van der Waals surface area contributed by atoms with E-state index >= 15 is 0 Å². The highest BCUT2D eigenvalue weighted by molar-refractivity contribution is 7.47. The Morgan fingerprint density at radius 2 is 0.474 bits per heavy atom. The van der Waals surface area contributed by atoms with Crippen molar-refractivity contribution < 1.29 is 80.2 Å². The fraction of sp³-hybridized carbons (Fsp3) is 0.949. The number of aliphatic hydroxyl groups excluding tert-OH is 1. The number of esters is 4. The van der Waals surface area contributed by atoms with Crippen LogP contribution in [0.4, 0.5) is 0 Å². The molecule has 0 saturated carbocycles. The Labute approximate surface area is 594 Å². The lowest BCUT2D eigenvalue weighted by Crippen LogP contribution is -2.30. The molecule has 0 aliphatic carbocycles. The number of ether oxygens (including phenoxy) is 4. The molecule has 3 N–H and O–H groups in total. The molecule has 0 amide bonds. The first-order chi connectivity index (χ1) is 46.9. The quantitative estimate of drug-likeness (QED) is 0.0222. The molecule has 0 radical (unpaired) electrons. The SMILES string of the molecule is CCCCCCCCCCCCCCCCCCCCCC(=O)O[C@H](COC(=O)CCCCCCCCCCCCCCCCCC(C)C)COP(=O)(O)OC[C@@H](O)COP(=O)(O)OC[C@@H](COC(=O)CCCCCCCCCCC)OC(=O)CCCCCCCCCCC(C)C. The molecule has 0 fully saturated rings. The topological polar surface area (TPSA) is 237 Å². The molecule has 576 valence electrons. The molecular formula is C78H152O17P2. The largest absolute Gasteiger partial charge is 0.472 e. The fourth-order valence-electron chi connectivity index (χ4n) is 12.0. The Hall–Kier alpha value is -1.94. The second-order valence-corrected chi connectivity index (χ2v) is 32.0. The molecule has 17 nitrogen and oxygen atoms in total. The third kappa shape index (κ3) is 72.2. The first-order valence-electron chi connectivity index (χ1n) is 40.5. The number of phosphoric ester groups is 2. The summed E-state index contributed by atoms with van der Waals surface area (Å²) in [7, 11) is -9.91. The zero-order chi connectivity index (χ0) is 71.4. The highest BCUT2D eigenvalue weighted by atomic mass is 31.2. The molecule has 0 aromatic rings. The number of rotatable bonds is 77. The van der Waals surface area contributed by atoms with Gasteiger partial charge in [0.05, 0.1) is 26.4 Å². The molecule has 0 aromatic heterocycles. The maximum atomic E-state index is 13.1. The molecule has 0 rings (SSSR count). The molecule has 0 aromatic carbocycles. The number of hydrogen-bond acceptors (Lipinski definition) is 15. The molecule has 0 spiro atoms. The van der Waals surface area contributed by atoms with Crippen molar-refractivity contribution in [2.24, 2.45) is 11.8 Å². The summed E-state index contributed by atoms with van der Waals surface area (Å²) in [5, 5.41) is 10.6. The van der Waals surface area contributed by atoms with Crippen LogP contribution in [-0.2, 0) is 65.4 Å². The Balaban J connectivity index is 5.20. The minimum absolute atomic E-state index is 0.105. The molecule has 0 bridgehead atoms. The monoisotopic (exact) mass is 1420 g/mol. The normalized spacial score (nSPS) is 14.0. The summed E-state index contributed by atoms with van der Waals surface area (Å²) in [6.45, 7) is 9.58. The highest BCUT2D eigenvalue weighted by Gasteiger charge is 2.30. The van der Waals surface area contributed by atoms with Crippen molar-refractivity contribution in [2.45, 2.75) is 426 Å². The molecule has 0 aliphatic rings. The Morgan fingerprint density at radius 1 is 0.278 bits per heavy atom. The van der Waals surface area contributed by atoms with Crippen molar-refractivity contribution in [3.8, 4) is 0 Å². The van der Waals surface area contributed by atoms with Gasteiger partial charge in [0, 0.05) is 25.7 Å². The second kappa shape index (κ2) is 69.8. The molecular weight excluding hydrogens is 1270 g/mol. The van der Waals surface area contributed by atoms with Crippen molar-refractivity contribution in [2.75, 3.05) is 39.6 Å². The summed E-state index contributed by atoms with van der Waals surface area (Å²) in [6, 6.07) is 0. The van der Waals surface area contributed by atoms with E-state index in [0.717, 1.165) is 102 Å². The number of carbonyl (C=O) groups is 4. The van der Waals surface area contributed by atoms with E-state index in [-0.39, 0.29) is 25.7 Å². The van der Waals surface area contributed by atoms with Gasteiger partial charge in [0.1, 0.15) is 19.3 Å². The molecule has 19 heteroatoms. The lowest BCUT2D eigenvalue weighted by atomic mass is 10.0. The number of phosphoric acid groups is 2. The van der Waals surface area contributed by atoms with E-state index in [4.69, 9.17) is 37.0 Å². The molecule has 0 saturated heterocycles. The fourth-order valence-corrected chi connectivity index (χ4v) is 13.6. The van der Waals surface area contributed by atoms with Gasteiger partial charge in [0.15, 0.2) is 12.2 Å². The van der Waals surface area contributed by atoms with E-state index in [1.807, 2.05) is 0 Å². The first kappa shape index (κ1) is 95.1. The van der Waals surface area contributed by atoms with Crippen LogP contribution in [0.25, 0.3) is 0 Å². The maximum absolute atomic E-state index is 13.1. The zero-order valence-corrected chi connectivity index (χ0v) is 65.2. The van der Waals surface area contributed by atoms with Gasteiger partial charge in [-0.3, -0.25) is 37.3 Å². The smallest absolute Gasteiger partial charge is 0.462 e. The van der Waals surface area contributed by atoms with Crippen molar-refractivity contribution in [3.63, 3.8) is 0 Å². The molecule has 2 unspecified atom stereocenters. The molecule has 5 atom stereocenters. The number of carbonyl (C=O) groups excluding carboxylic acids is 4. The summed E-state index contributed by atoms with van der Waals surface area (Å²) in [5.41, 5.74) is 0. The summed E-state index contributed by atoms with van der Waals surface area (Å²) >= 11 is 0. The summed E-state index contributed by atoms with van der Waals surface area (Å²) in [6.07, 6.45) is 58.4. The van der Waals surface area contributed by atoms with Gasteiger partial charge in [-0.2, -0.15) is 0 Å². The minimum atomic E-state index is -4.96. The van der Waals surface area contributed by atoms with Crippen LogP contribution in [0.2, 0.25) is 0 Å². The molecule has 0 heterocycles. The van der Waals surface area contributed by atoms with Crippen LogP contribution in [-0.4, -0.2) is 96.7 Å². The minimum Gasteiger partial charge on any atom is -0.462 e. The van der Waals surface area contributed by atoms with Crippen molar-refractivity contribution in [3.05, 3.63) is 0 Å². The van der Waals surface area contributed by atoms with Gasteiger partial charge in [-0.1, -0.05) is 356 Å². The van der Waals surface area contributed by atoms with Gasteiger partial charge in [0.25, 0.3) is 0 Å². The average molecular weight is 1420 g/mol. The summed E-state index contributed by atoms with van der Waals surface area (Å²) in [4.78, 5) is 72.8. The van der Waals surface area contributed by atoms with Crippen LogP contribution in [0, 0.1) is 11.8 Å². The van der Waals surface area contributed by atoms with E-state index < -0.39 is 97.5 Å². The Bertz CT molecular complexity index is 1870. The van der Waals surface area contributed by atoms with Crippen molar-refractivity contribution >= 4 is 39.5 Å². The maximum Gasteiger partial charge on any atom is 0.472 e. The van der Waals surface area contributed by atoms with Crippen molar-refractivity contribution in [1.29, 1.82) is 0 Å². The predicted molar refractivity (Wildman–Crippen MR) is 395 cm³/mol. The summed E-state index contributed by atoms with van der Waals surface area (Å²) < 4.78 is 68.5. The third-order valence-corrected chi connectivity index (χ3v) is 20.1. The molecule has 0 aliphatic heterocycles. The zero-order valence-electron chi connectivity index (χ0n) is 63.4. The van der Waals surface area contributed by atoms with E-state index in [2.05, 4.69) is 41.5 Å². The number of hydrogen-bond donors (Lipinski definition) is 3. The van der Waals surface area contributed by atoms with Crippen LogP contribution < -0.4 is 0 Å². The first-order valence-corrected chi connectivity index (χ1v) is 43.5. The van der Waals surface area contributed by atoms with Crippen LogP contribution in [0.3, 0.4) is 0 Å². The lowest BCUT2D eigenvalue weighted by molar-refractivity contribution is -0.161. The Morgan fingerprint density at radius 3 is 0.701 bits per heavy atom. The van der Waals surface area contributed by atoms with Gasteiger partial charge >= 0.3 is 39.5 Å². The van der Waals surface area contributed by atoms with Gasteiger partial charge in [-0.15, -0.1) is 0 Å². The Kier molecular flexibility index (Phi) is 68.4. The van der Waals surface area contributed by atoms with E-state index in [1.165, 1.54) is 225 Å². The highest BCUT2D eigenvalue weighted by Crippen LogP contribution is 2.45. The van der Waals surface area contributed by atoms with E-state index in [1.54, 1.807) is 0 Å². The van der Waals surface area contributed by atoms with Crippen LogP contribution >= 0.6 is 15.6 Å². The second-order valence-electron chi connectivity index (χ2n) is 29.1. The van der Waals surface area contributed by atoms with E-state index in [9.17, 15) is 43.2 Å². The van der Waals surface area contributed by atoms with E-state index in [0.29, 0.717) is 25.7 Å². The van der Waals surface area contributed by atoms with Gasteiger partial charge in [-0.05, 0) is 37.5 Å². The lowest BCUT2D eigenvalue weighted by Gasteiger charge is -2.21. The van der Waals surface area contributed by atoms with Gasteiger partial charge < -0.3 is 33.8 Å². The standard InChI is InChI=1S/C78H152O17P2/c1-7-9-11-13-15-17-18-19-20-21-22-23-26-30-33-37-44-50-56-62-77(82)94-73(67-89-76(81)61-55-49-43-36-32-29-27-24-25-28-31-35-40-46-52-58-70(3)4)68-92-96(84,85)90-64-72(79)65-91-97(86,87)93-69-74(66-88-75(80)60-54-48-42-34-16-14-12-10-8-2)95-78(83)63-57-51-45-39-38-41-47-53-59-71(5)6/h70-74,79H,7-69H2,1-6H3,(H,84,85)(H,86,87)/t72-,73-,74-/m1/s1. The van der Waals surface area contributed by atoms with Gasteiger partial charge in [-0.25, -0.2) is 9.13 Å². The third-order valence-electron chi connectivity index (χ3n) is 18.2. The number of aliphatic hydroxyl groups is 1. The summed E-state index contributed by atoms with van der Waals surface area (Å²) in [5.74, 6) is -0.591. The van der Waals surface area contributed by atoms with Crippen LogP contribution in [0.15, 0.2) is 0 Å². The average Bonchev–Trinajstić information content (AvgIpc) is 1.20. The number of unbranched alkanes of at least 4 members (excludes halogenated alkanes) is 47. The van der Waals surface area contributed by atoms with Crippen LogP contribution in [0.1, 0.15) is 408 Å². The van der Waals surface area contributed by atoms with Crippen molar-refractivity contribution in [1.82, 2.24) is 0 Å². The molecule has 97 heavy (non-hydrogen) atoms. The van der Waals surface area contributed by atoms with Crippen LogP contribution in [0.5, 0.6) is 0 Å².